The average Bonchev–Trinajstić information content (AvgIpc) is 2.37. The lowest BCUT2D eigenvalue weighted by Gasteiger charge is -2.16. The molecule has 0 saturated heterocycles. The number of hydrogen-bond acceptors (Lipinski definition) is 2. The summed E-state index contributed by atoms with van der Waals surface area (Å²) in [4.78, 5) is 0. The number of halogens is 3. The fraction of sp³-hybridized carbons (Fsp3) is 0.571. The van der Waals surface area contributed by atoms with E-state index in [9.17, 15) is 13.2 Å². The summed E-state index contributed by atoms with van der Waals surface area (Å²) in [5.41, 5.74) is 0.307. The first-order chi connectivity index (χ1) is 8.97. The Morgan fingerprint density at radius 1 is 1.21 bits per heavy atom. The summed E-state index contributed by atoms with van der Waals surface area (Å²) in [5, 5.41) is 3.18. The van der Waals surface area contributed by atoms with Crippen molar-refractivity contribution in [2.24, 2.45) is 0 Å². The van der Waals surface area contributed by atoms with Gasteiger partial charge in [0, 0.05) is 19.8 Å². The lowest BCUT2D eigenvalue weighted by molar-refractivity contribution is -0.137. The van der Waals surface area contributed by atoms with Crippen molar-refractivity contribution in [3.05, 3.63) is 35.4 Å². The second kappa shape index (κ2) is 7.50. The van der Waals surface area contributed by atoms with Gasteiger partial charge in [0.25, 0.3) is 0 Å². The molecule has 2 nitrogen and oxygen atoms in total. The highest BCUT2D eigenvalue weighted by molar-refractivity contribution is 5.25. The van der Waals surface area contributed by atoms with Crippen molar-refractivity contribution in [3.63, 3.8) is 0 Å². The van der Waals surface area contributed by atoms with Gasteiger partial charge in [-0.1, -0.05) is 12.1 Å². The molecule has 1 aromatic rings. The zero-order valence-corrected chi connectivity index (χ0v) is 11.3. The highest BCUT2D eigenvalue weighted by Crippen LogP contribution is 2.29. The van der Waals surface area contributed by atoms with Crippen LogP contribution in [0.2, 0.25) is 0 Å². The third-order valence-electron chi connectivity index (χ3n) is 3.07. The van der Waals surface area contributed by atoms with Gasteiger partial charge in [-0.25, -0.2) is 0 Å². The minimum absolute atomic E-state index is 0.256. The molecule has 108 valence electrons. The molecule has 1 N–H and O–H groups in total. The molecular weight excluding hydrogens is 255 g/mol. The minimum atomic E-state index is -4.26. The van der Waals surface area contributed by atoms with E-state index in [1.54, 1.807) is 19.2 Å². The third-order valence-corrected chi connectivity index (χ3v) is 3.07. The number of methoxy groups -OCH3 is 1. The summed E-state index contributed by atoms with van der Waals surface area (Å²) < 4.78 is 42.3. The summed E-state index contributed by atoms with van der Waals surface area (Å²) in [5.74, 6) is 0. The van der Waals surface area contributed by atoms with Gasteiger partial charge in [-0.05, 0) is 44.0 Å². The standard InChI is InChI=1S/C14H20F3NO/c1-18-13(4-3-9-19-2)10-11-5-7-12(8-6-11)14(15,16)17/h5-8,13,18H,3-4,9-10H2,1-2H3. The van der Waals surface area contributed by atoms with Crippen LogP contribution in [-0.4, -0.2) is 26.8 Å². The van der Waals surface area contributed by atoms with Crippen molar-refractivity contribution in [3.8, 4) is 0 Å². The third kappa shape index (κ3) is 5.61. The maximum absolute atomic E-state index is 12.4. The zero-order valence-electron chi connectivity index (χ0n) is 11.3. The SMILES string of the molecule is CNC(CCCOC)Cc1ccc(C(F)(F)F)cc1. The molecule has 1 rings (SSSR count). The second-order valence-corrected chi connectivity index (χ2v) is 4.52. The average molecular weight is 275 g/mol. The molecule has 0 saturated carbocycles. The van der Waals surface area contributed by atoms with Crippen molar-refractivity contribution in [2.45, 2.75) is 31.5 Å². The Hall–Kier alpha value is -1.07. The van der Waals surface area contributed by atoms with E-state index in [-0.39, 0.29) is 6.04 Å². The van der Waals surface area contributed by atoms with Gasteiger partial charge in [0.05, 0.1) is 5.56 Å². The number of likely N-dealkylation sites (N-methyl/N-ethyl adjacent to an activating group) is 1. The molecule has 0 aromatic heterocycles. The Morgan fingerprint density at radius 3 is 2.32 bits per heavy atom. The number of nitrogens with one attached hydrogen (secondary N) is 1. The molecule has 0 aliphatic carbocycles. The number of benzene rings is 1. The summed E-state index contributed by atoms with van der Waals surface area (Å²) in [6, 6.07) is 5.62. The highest BCUT2D eigenvalue weighted by Gasteiger charge is 2.29. The van der Waals surface area contributed by atoms with E-state index in [0.29, 0.717) is 6.61 Å². The number of alkyl halides is 3. The van der Waals surface area contributed by atoms with Crippen LogP contribution in [0.15, 0.2) is 24.3 Å². The Labute approximate surface area is 112 Å². The van der Waals surface area contributed by atoms with Crippen molar-refractivity contribution in [1.82, 2.24) is 5.32 Å². The van der Waals surface area contributed by atoms with Crippen LogP contribution in [0.1, 0.15) is 24.0 Å². The van der Waals surface area contributed by atoms with E-state index in [4.69, 9.17) is 4.74 Å². The highest BCUT2D eigenvalue weighted by atomic mass is 19.4. The van der Waals surface area contributed by atoms with Crippen LogP contribution in [0.4, 0.5) is 13.2 Å². The van der Waals surface area contributed by atoms with Crippen molar-refractivity contribution in [2.75, 3.05) is 20.8 Å². The summed E-state index contributed by atoms with van der Waals surface area (Å²) in [6.45, 7) is 0.700. The molecule has 5 heteroatoms. The van der Waals surface area contributed by atoms with Crippen LogP contribution in [0.25, 0.3) is 0 Å². The predicted octanol–water partition coefficient (Wildman–Crippen LogP) is 3.26. The molecule has 0 fully saturated rings. The Balaban J connectivity index is 2.55. The monoisotopic (exact) mass is 275 g/mol. The van der Waals surface area contributed by atoms with E-state index in [1.807, 2.05) is 7.05 Å². The van der Waals surface area contributed by atoms with Crippen molar-refractivity contribution >= 4 is 0 Å². The van der Waals surface area contributed by atoms with E-state index in [0.717, 1.165) is 37.0 Å². The second-order valence-electron chi connectivity index (χ2n) is 4.52. The molecule has 0 amide bonds. The van der Waals surface area contributed by atoms with Gasteiger partial charge < -0.3 is 10.1 Å². The molecular formula is C14H20F3NO. The molecule has 1 unspecified atom stereocenters. The van der Waals surface area contributed by atoms with Gasteiger partial charge in [0.2, 0.25) is 0 Å². The van der Waals surface area contributed by atoms with Crippen LogP contribution >= 0.6 is 0 Å². The van der Waals surface area contributed by atoms with E-state index in [1.165, 1.54) is 0 Å². The minimum Gasteiger partial charge on any atom is -0.385 e. The predicted molar refractivity (Wildman–Crippen MR) is 69.1 cm³/mol. The van der Waals surface area contributed by atoms with Crippen LogP contribution < -0.4 is 5.32 Å². The quantitative estimate of drug-likeness (QED) is 0.771. The lowest BCUT2D eigenvalue weighted by Crippen LogP contribution is -2.27. The van der Waals surface area contributed by atoms with E-state index in [2.05, 4.69) is 5.32 Å². The van der Waals surface area contributed by atoms with Crippen LogP contribution in [-0.2, 0) is 17.3 Å². The Morgan fingerprint density at radius 2 is 1.84 bits per heavy atom. The Kier molecular flexibility index (Phi) is 6.31. The number of ether oxygens (including phenoxy) is 1. The molecule has 1 aromatic carbocycles. The van der Waals surface area contributed by atoms with Gasteiger partial charge in [0.15, 0.2) is 0 Å². The van der Waals surface area contributed by atoms with Crippen LogP contribution in [0.5, 0.6) is 0 Å². The summed E-state index contributed by atoms with van der Waals surface area (Å²) >= 11 is 0. The first-order valence-corrected chi connectivity index (χ1v) is 6.29. The summed E-state index contributed by atoms with van der Waals surface area (Å²) in [6.07, 6.45) is -1.67. The maximum atomic E-state index is 12.4. The van der Waals surface area contributed by atoms with Gasteiger partial charge in [-0.3, -0.25) is 0 Å². The topological polar surface area (TPSA) is 21.3 Å². The van der Waals surface area contributed by atoms with Crippen molar-refractivity contribution in [1.29, 1.82) is 0 Å². The fourth-order valence-electron chi connectivity index (χ4n) is 1.94. The number of hydrogen-bond donors (Lipinski definition) is 1. The van der Waals surface area contributed by atoms with E-state index < -0.39 is 11.7 Å². The molecule has 0 heterocycles. The van der Waals surface area contributed by atoms with Crippen molar-refractivity contribution < 1.29 is 17.9 Å². The fourth-order valence-corrected chi connectivity index (χ4v) is 1.94. The van der Waals surface area contributed by atoms with Gasteiger partial charge in [-0.15, -0.1) is 0 Å². The Bertz CT molecular complexity index is 362. The largest absolute Gasteiger partial charge is 0.416 e. The van der Waals surface area contributed by atoms with Gasteiger partial charge >= 0.3 is 6.18 Å². The molecule has 0 aliphatic heterocycles. The maximum Gasteiger partial charge on any atom is 0.416 e. The first kappa shape index (κ1) is 16.0. The van der Waals surface area contributed by atoms with E-state index >= 15 is 0 Å². The zero-order chi connectivity index (χ0) is 14.3. The normalized spacial score (nSPS) is 13.5. The smallest absolute Gasteiger partial charge is 0.385 e. The first-order valence-electron chi connectivity index (χ1n) is 6.29. The molecule has 0 aliphatic rings. The lowest BCUT2D eigenvalue weighted by atomic mass is 10.0. The molecule has 1 atom stereocenters. The summed E-state index contributed by atoms with van der Waals surface area (Å²) in [7, 11) is 3.52. The molecule has 0 bridgehead atoms. The number of rotatable bonds is 7. The van der Waals surface area contributed by atoms with Gasteiger partial charge in [-0.2, -0.15) is 13.2 Å². The molecule has 0 spiro atoms. The van der Waals surface area contributed by atoms with Gasteiger partial charge in [0.1, 0.15) is 0 Å². The van der Waals surface area contributed by atoms with Crippen LogP contribution in [0.3, 0.4) is 0 Å². The molecule has 19 heavy (non-hydrogen) atoms. The van der Waals surface area contributed by atoms with Crippen LogP contribution in [0, 0.1) is 0 Å². The molecule has 0 radical (unpaired) electrons.